The van der Waals surface area contributed by atoms with E-state index in [0.29, 0.717) is 26.0 Å². The maximum Gasteiger partial charge on any atom is 0.223 e. The van der Waals surface area contributed by atoms with Crippen molar-refractivity contribution in [3.63, 3.8) is 0 Å². The predicted molar refractivity (Wildman–Crippen MR) is 115 cm³/mol. The van der Waals surface area contributed by atoms with Crippen LogP contribution in [0.1, 0.15) is 36.3 Å². The molecule has 4 rings (SSSR count). The third kappa shape index (κ3) is 6.40. The van der Waals surface area contributed by atoms with Gasteiger partial charge in [0.1, 0.15) is 0 Å². The summed E-state index contributed by atoms with van der Waals surface area (Å²) in [5.41, 5.74) is 3.16. The molecule has 1 amide bonds. The minimum absolute atomic E-state index is 0. The van der Waals surface area contributed by atoms with E-state index in [9.17, 15) is 4.79 Å². The number of carbonyl (C=O) groups is 1. The number of aryl methyl sites for hydroxylation is 1. The molecule has 7 nitrogen and oxygen atoms in total. The van der Waals surface area contributed by atoms with Crippen molar-refractivity contribution in [2.75, 3.05) is 19.6 Å². The molecule has 2 aromatic rings. The number of ether oxygens (including phenoxy) is 1. The number of hydrogen-bond acceptors (Lipinski definition) is 5. The molecule has 1 N–H and O–H groups in total. The number of piperidine rings is 1. The lowest BCUT2D eigenvalue weighted by Gasteiger charge is -2.32. The zero-order chi connectivity index (χ0) is 18.5. The van der Waals surface area contributed by atoms with Crippen LogP contribution >= 0.6 is 24.8 Å². The molecule has 0 bridgehead atoms. The van der Waals surface area contributed by atoms with E-state index in [1.807, 2.05) is 23.1 Å². The van der Waals surface area contributed by atoms with Gasteiger partial charge in [0.15, 0.2) is 0 Å². The standard InChI is InChI=1S/C20H27N5O2.2ClH/c26-20(7-6-16-12-18-13-21-9-11-25(18)23-16)24-10-3-5-19(14-24)27-15-17-4-1-2-8-22-17;;/h1-2,4,8,12,19,21H,3,5-7,9-11,13-15H2;2*1H. The fourth-order valence-electron chi connectivity index (χ4n) is 3.76. The van der Waals surface area contributed by atoms with E-state index >= 15 is 0 Å². The number of nitrogens with zero attached hydrogens (tertiary/aromatic N) is 4. The summed E-state index contributed by atoms with van der Waals surface area (Å²) in [5, 5.41) is 7.97. The second-order valence-corrected chi connectivity index (χ2v) is 7.26. The fourth-order valence-corrected chi connectivity index (χ4v) is 3.76. The molecule has 4 heterocycles. The van der Waals surface area contributed by atoms with Gasteiger partial charge in [0.2, 0.25) is 5.91 Å². The van der Waals surface area contributed by atoms with E-state index in [4.69, 9.17) is 4.74 Å². The Labute approximate surface area is 184 Å². The Morgan fingerprint density at radius 1 is 1.24 bits per heavy atom. The minimum Gasteiger partial charge on any atom is -0.370 e. The monoisotopic (exact) mass is 441 g/mol. The number of amides is 1. The molecule has 2 aliphatic rings. The second kappa shape index (κ2) is 11.5. The minimum atomic E-state index is 0. The van der Waals surface area contributed by atoms with Crippen molar-refractivity contribution >= 4 is 30.7 Å². The second-order valence-electron chi connectivity index (χ2n) is 7.26. The number of halogens is 2. The van der Waals surface area contributed by atoms with Gasteiger partial charge in [0.05, 0.1) is 36.3 Å². The Balaban J connectivity index is 0.00000150. The molecule has 9 heteroatoms. The van der Waals surface area contributed by atoms with Crippen LogP contribution in [-0.4, -0.2) is 51.3 Å². The van der Waals surface area contributed by atoms with E-state index in [1.165, 1.54) is 5.69 Å². The van der Waals surface area contributed by atoms with Crippen LogP contribution in [0.3, 0.4) is 0 Å². The van der Waals surface area contributed by atoms with E-state index in [0.717, 1.165) is 50.4 Å². The fraction of sp³-hybridized carbons (Fsp3) is 0.550. The van der Waals surface area contributed by atoms with E-state index in [1.54, 1.807) is 6.20 Å². The van der Waals surface area contributed by atoms with Crippen LogP contribution < -0.4 is 5.32 Å². The van der Waals surface area contributed by atoms with Gasteiger partial charge in [0.25, 0.3) is 0 Å². The van der Waals surface area contributed by atoms with Crippen molar-refractivity contribution in [3.8, 4) is 0 Å². The van der Waals surface area contributed by atoms with Crippen molar-refractivity contribution in [1.82, 2.24) is 25.0 Å². The van der Waals surface area contributed by atoms with Crippen molar-refractivity contribution in [2.24, 2.45) is 0 Å². The molecular weight excluding hydrogens is 413 g/mol. The van der Waals surface area contributed by atoms with Gasteiger partial charge in [-0.3, -0.25) is 14.5 Å². The molecule has 0 saturated carbocycles. The average molecular weight is 442 g/mol. The SMILES string of the molecule is Cl.Cl.O=C(CCc1cc2n(n1)CCNC2)N1CCCC(OCc2ccccn2)C1. The van der Waals surface area contributed by atoms with Crippen molar-refractivity contribution in [3.05, 3.63) is 47.5 Å². The summed E-state index contributed by atoms with van der Waals surface area (Å²) >= 11 is 0. The smallest absolute Gasteiger partial charge is 0.223 e. The van der Waals surface area contributed by atoms with Crippen molar-refractivity contribution < 1.29 is 9.53 Å². The Morgan fingerprint density at radius 3 is 2.93 bits per heavy atom. The van der Waals surface area contributed by atoms with Gasteiger partial charge in [-0.2, -0.15) is 5.10 Å². The Kier molecular flexibility index (Phi) is 9.36. The predicted octanol–water partition coefficient (Wildman–Crippen LogP) is 2.37. The number of aromatic nitrogens is 3. The molecule has 160 valence electrons. The van der Waals surface area contributed by atoms with Crippen LogP contribution in [0.5, 0.6) is 0 Å². The molecule has 1 saturated heterocycles. The van der Waals surface area contributed by atoms with Gasteiger partial charge in [-0.25, -0.2) is 0 Å². The molecule has 1 fully saturated rings. The highest BCUT2D eigenvalue weighted by molar-refractivity contribution is 5.85. The van der Waals surface area contributed by atoms with Gasteiger partial charge in [-0.15, -0.1) is 24.8 Å². The van der Waals surface area contributed by atoms with Crippen LogP contribution in [0.4, 0.5) is 0 Å². The number of nitrogens with one attached hydrogen (secondary N) is 1. The highest BCUT2D eigenvalue weighted by Gasteiger charge is 2.24. The maximum absolute atomic E-state index is 12.6. The first kappa shape index (κ1) is 23.6. The molecule has 1 atom stereocenters. The largest absolute Gasteiger partial charge is 0.370 e. The van der Waals surface area contributed by atoms with Crippen LogP contribution in [-0.2, 0) is 35.6 Å². The topological polar surface area (TPSA) is 72.3 Å². The molecule has 29 heavy (non-hydrogen) atoms. The molecule has 0 spiro atoms. The third-order valence-electron chi connectivity index (χ3n) is 5.24. The molecule has 1 unspecified atom stereocenters. The maximum atomic E-state index is 12.6. The molecule has 2 aliphatic heterocycles. The zero-order valence-corrected chi connectivity index (χ0v) is 18.1. The number of likely N-dealkylation sites (tertiary alicyclic amines) is 1. The van der Waals surface area contributed by atoms with E-state index in [2.05, 4.69) is 26.1 Å². The number of pyridine rings is 1. The Bertz CT molecular complexity index is 748. The van der Waals surface area contributed by atoms with Crippen LogP contribution in [0.25, 0.3) is 0 Å². The summed E-state index contributed by atoms with van der Waals surface area (Å²) in [4.78, 5) is 18.9. The molecule has 2 aromatic heterocycles. The summed E-state index contributed by atoms with van der Waals surface area (Å²) in [6.07, 6.45) is 5.07. The Morgan fingerprint density at radius 2 is 2.14 bits per heavy atom. The van der Waals surface area contributed by atoms with Crippen molar-refractivity contribution in [1.29, 1.82) is 0 Å². The van der Waals surface area contributed by atoms with Gasteiger partial charge in [-0.05, 0) is 31.0 Å². The number of rotatable bonds is 6. The number of hydrogen-bond donors (Lipinski definition) is 1. The van der Waals surface area contributed by atoms with E-state index in [-0.39, 0.29) is 36.8 Å². The summed E-state index contributed by atoms with van der Waals surface area (Å²) in [6.45, 7) is 4.73. The highest BCUT2D eigenvalue weighted by atomic mass is 35.5. The quantitative estimate of drug-likeness (QED) is 0.744. The normalized spacial score (nSPS) is 18.3. The Hall–Kier alpha value is -1.67. The van der Waals surface area contributed by atoms with Gasteiger partial charge in [0, 0.05) is 45.2 Å². The molecule has 0 aliphatic carbocycles. The third-order valence-corrected chi connectivity index (χ3v) is 5.24. The summed E-state index contributed by atoms with van der Waals surface area (Å²) < 4.78 is 8.04. The summed E-state index contributed by atoms with van der Waals surface area (Å²) in [6, 6.07) is 7.95. The van der Waals surface area contributed by atoms with Crippen LogP contribution in [0, 0.1) is 0 Å². The van der Waals surface area contributed by atoms with E-state index < -0.39 is 0 Å². The highest BCUT2D eigenvalue weighted by Crippen LogP contribution is 2.17. The first-order valence-corrected chi connectivity index (χ1v) is 9.83. The molecular formula is C20H29Cl2N5O2. The number of carbonyl (C=O) groups excluding carboxylic acids is 1. The number of fused-ring (bicyclic) bond motifs is 1. The average Bonchev–Trinajstić information content (AvgIpc) is 3.14. The molecule has 0 radical (unpaired) electrons. The van der Waals surface area contributed by atoms with Gasteiger partial charge < -0.3 is 15.0 Å². The van der Waals surface area contributed by atoms with Gasteiger partial charge in [-0.1, -0.05) is 6.07 Å². The van der Waals surface area contributed by atoms with Crippen LogP contribution in [0.15, 0.2) is 30.5 Å². The first-order valence-electron chi connectivity index (χ1n) is 9.83. The van der Waals surface area contributed by atoms with Gasteiger partial charge >= 0.3 is 0 Å². The first-order chi connectivity index (χ1) is 13.3. The lowest BCUT2D eigenvalue weighted by molar-refractivity contribution is -0.135. The van der Waals surface area contributed by atoms with Crippen LogP contribution in [0.2, 0.25) is 0 Å². The lowest BCUT2D eigenvalue weighted by atomic mass is 10.1. The molecule has 0 aromatic carbocycles. The zero-order valence-electron chi connectivity index (χ0n) is 16.5. The summed E-state index contributed by atoms with van der Waals surface area (Å²) in [7, 11) is 0. The lowest BCUT2D eigenvalue weighted by Crippen LogP contribution is -2.43. The summed E-state index contributed by atoms with van der Waals surface area (Å²) in [5.74, 6) is 0.199. The van der Waals surface area contributed by atoms with Crippen molar-refractivity contribution in [2.45, 2.75) is 51.5 Å².